The average molecular weight is 324 g/mol. The van der Waals surface area contributed by atoms with E-state index in [0.29, 0.717) is 15.1 Å². The molecule has 0 aromatic carbocycles. The van der Waals surface area contributed by atoms with Gasteiger partial charge in [-0.3, -0.25) is 4.98 Å². The Morgan fingerprint density at radius 1 is 1.50 bits per heavy atom. The molecular formula is C10H12BrClN2OS. The molecule has 0 aliphatic carbocycles. The van der Waals surface area contributed by atoms with Crippen LogP contribution in [0.4, 0.5) is 0 Å². The molecule has 16 heavy (non-hydrogen) atoms. The minimum Gasteiger partial charge on any atom is -0.591 e. The summed E-state index contributed by atoms with van der Waals surface area (Å²) in [5, 5.41) is 0.518. The van der Waals surface area contributed by atoms with Crippen LogP contribution >= 0.6 is 27.5 Å². The van der Waals surface area contributed by atoms with E-state index in [-0.39, 0.29) is 4.75 Å². The van der Waals surface area contributed by atoms with Gasteiger partial charge in [0.25, 0.3) is 0 Å². The van der Waals surface area contributed by atoms with Crippen molar-refractivity contribution in [2.45, 2.75) is 25.5 Å². The van der Waals surface area contributed by atoms with Crippen molar-refractivity contribution in [2.75, 3.05) is 0 Å². The Hall–Kier alpha value is -0.100. The Balaban J connectivity index is 2.89. The quantitative estimate of drug-likeness (QED) is 0.619. The van der Waals surface area contributed by atoms with Gasteiger partial charge in [0.1, 0.15) is 16.1 Å². The first kappa shape index (κ1) is 14.0. The molecule has 1 aromatic heterocycles. The third-order valence-corrected chi connectivity index (χ3v) is 4.27. The summed E-state index contributed by atoms with van der Waals surface area (Å²) in [7, 11) is 0. The van der Waals surface area contributed by atoms with Crippen LogP contribution in [0.3, 0.4) is 0 Å². The number of aromatic nitrogens is 1. The molecule has 1 aromatic rings. The van der Waals surface area contributed by atoms with Gasteiger partial charge in [-0.2, -0.15) is 0 Å². The van der Waals surface area contributed by atoms with Crippen LogP contribution in [0, 0.1) is 0 Å². The zero-order valence-corrected chi connectivity index (χ0v) is 12.4. The fourth-order valence-corrected chi connectivity index (χ4v) is 1.81. The summed E-state index contributed by atoms with van der Waals surface area (Å²) < 4.78 is 16.0. The Morgan fingerprint density at radius 2 is 2.12 bits per heavy atom. The van der Waals surface area contributed by atoms with Crippen LogP contribution in [-0.2, 0) is 11.4 Å². The molecule has 0 saturated carbocycles. The summed E-state index contributed by atoms with van der Waals surface area (Å²) in [6, 6.07) is 0. The van der Waals surface area contributed by atoms with Crippen molar-refractivity contribution in [1.29, 1.82) is 0 Å². The van der Waals surface area contributed by atoms with E-state index in [4.69, 9.17) is 11.6 Å². The molecule has 1 rings (SSSR count). The van der Waals surface area contributed by atoms with Crippen LogP contribution < -0.4 is 0 Å². The highest BCUT2D eigenvalue weighted by Crippen LogP contribution is 2.24. The zero-order chi connectivity index (χ0) is 12.3. The lowest BCUT2D eigenvalue weighted by atomic mass is 10.3. The fourth-order valence-electron chi connectivity index (χ4n) is 0.787. The summed E-state index contributed by atoms with van der Waals surface area (Å²) in [6.07, 6.45) is 4.66. The minimum atomic E-state index is -1.28. The molecule has 0 bridgehead atoms. The molecule has 0 fully saturated rings. The molecule has 0 saturated heterocycles. The number of hydrogen-bond acceptors (Lipinski definition) is 3. The topological polar surface area (TPSA) is 48.3 Å². The summed E-state index contributed by atoms with van der Waals surface area (Å²) in [4.78, 5) is 3.96. The molecule has 1 unspecified atom stereocenters. The van der Waals surface area contributed by atoms with Crippen molar-refractivity contribution in [2.24, 2.45) is 4.40 Å². The van der Waals surface area contributed by atoms with Crippen LogP contribution in [0.5, 0.6) is 0 Å². The van der Waals surface area contributed by atoms with E-state index in [1.165, 1.54) is 6.21 Å². The highest BCUT2D eigenvalue weighted by molar-refractivity contribution is 9.10. The van der Waals surface area contributed by atoms with E-state index in [0.717, 1.165) is 0 Å². The van der Waals surface area contributed by atoms with Crippen molar-refractivity contribution in [1.82, 2.24) is 4.98 Å². The van der Waals surface area contributed by atoms with Gasteiger partial charge < -0.3 is 4.55 Å². The predicted molar refractivity (Wildman–Crippen MR) is 72.4 cm³/mol. The van der Waals surface area contributed by atoms with Crippen LogP contribution in [0.15, 0.2) is 21.3 Å². The standard InChI is InChI=1S/C10H12BrClN2OS/c1-10(2,3)16(15)14-5-7-4-13-6-8(11)9(7)12/h4-6H,1-3H3/b14-5+. The molecule has 3 nitrogen and oxygen atoms in total. The van der Waals surface area contributed by atoms with Gasteiger partial charge in [0.15, 0.2) is 0 Å². The lowest BCUT2D eigenvalue weighted by molar-refractivity contribution is 0.562. The second-order valence-corrected chi connectivity index (χ2v) is 7.29. The van der Waals surface area contributed by atoms with Gasteiger partial charge in [-0.1, -0.05) is 16.0 Å². The van der Waals surface area contributed by atoms with E-state index in [2.05, 4.69) is 25.3 Å². The highest BCUT2D eigenvalue weighted by atomic mass is 79.9. The lowest BCUT2D eigenvalue weighted by Crippen LogP contribution is -2.25. The summed E-state index contributed by atoms with van der Waals surface area (Å²) in [5.74, 6) is 0. The first-order valence-corrected chi connectivity index (χ1v) is 6.85. The van der Waals surface area contributed by atoms with Crippen molar-refractivity contribution in [3.05, 3.63) is 27.5 Å². The first-order chi connectivity index (χ1) is 7.32. The third kappa shape index (κ3) is 3.73. The number of pyridine rings is 1. The van der Waals surface area contributed by atoms with E-state index >= 15 is 0 Å². The van der Waals surface area contributed by atoms with Gasteiger partial charge in [-0.05, 0) is 36.7 Å². The number of nitrogens with zero attached hydrogens (tertiary/aromatic N) is 2. The number of rotatable bonds is 2. The van der Waals surface area contributed by atoms with Crippen LogP contribution in [0.1, 0.15) is 26.3 Å². The van der Waals surface area contributed by atoms with Crippen molar-refractivity contribution in [3.63, 3.8) is 0 Å². The monoisotopic (exact) mass is 322 g/mol. The van der Waals surface area contributed by atoms with Crippen molar-refractivity contribution in [3.8, 4) is 0 Å². The third-order valence-electron chi connectivity index (χ3n) is 1.68. The van der Waals surface area contributed by atoms with Gasteiger partial charge in [0, 0.05) is 18.0 Å². The Morgan fingerprint density at radius 3 is 2.69 bits per heavy atom. The van der Waals surface area contributed by atoms with Crippen LogP contribution in [0.25, 0.3) is 0 Å². The maximum Gasteiger partial charge on any atom is 0.144 e. The van der Waals surface area contributed by atoms with Gasteiger partial charge in [0.2, 0.25) is 0 Å². The Labute approximate surface area is 112 Å². The predicted octanol–water partition coefficient (Wildman–Crippen LogP) is 3.38. The van der Waals surface area contributed by atoms with E-state index in [1.54, 1.807) is 12.4 Å². The van der Waals surface area contributed by atoms with E-state index in [1.807, 2.05) is 20.8 Å². The van der Waals surface area contributed by atoms with Crippen molar-refractivity contribution < 1.29 is 4.55 Å². The highest BCUT2D eigenvalue weighted by Gasteiger charge is 2.25. The van der Waals surface area contributed by atoms with Gasteiger partial charge in [-0.15, -0.1) is 0 Å². The first-order valence-electron chi connectivity index (χ1n) is 4.57. The molecule has 0 aliphatic heterocycles. The second-order valence-electron chi connectivity index (χ2n) is 4.12. The second kappa shape index (κ2) is 5.49. The normalized spacial score (nSPS) is 14.4. The molecule has 0 N–H and O–H groups in total. The van der Waals surface area contributed by atoms with Gasteiger partial charge >= 0.3 is 0 Å². The van der Waals surface area contributed by atoms with Crippen molar-refractivity contribution >= 4 is 45.1 Å². The Kier molecular flexibility index (Phi) is 4.79. The molecule has 0 spiro atoms. The molecule has 6 heteroatoms. The molecule has 1 heterocycles. The Bertz CT molecular complexity index is 406. The van der Waals surface area contributed by atoms with Crippen LogP contribution in [-0.4, -0.2) is 20.5 Å². The van der Waals surface area contributed by atoms with Gasteiger partial charge in [-0.25, -0.2) is 0 Å². The lowest BCUT2D eigenvalue weighted by Gasteiger charge is -2.17. The molecular weight excluding hydrogens is 312 g/mol. The molecule has 1 atom stereocenters. The fraction of sp³-hybridized carbons (Fsp3) is 0.400. The molecule has 88 valence electrons. The van der Waals surface area contributed by atoms with Gasteiger partial charge in [0.05, 0.1) is 15.7 Å². The summed E-state index contributed by atoms with van der Waals surface area (Å²) >= 11 is 7.99. The molecule has 0 aliphatic rings. The molecule has 0 amide bonds. The minimum absolute atomic E-state index is 0.373. The summed E-state index contributed by atoms with van der Waals surface area (Å²) in [6.45, 7) is 5.59. The number of hydrogen-bond donors (Lipinski definition) is 0. The summed E-state index contributed by atoms with van der Waals surface area (Å²) in [5.41, 5.74) is 0.647. The average Bonchev–Trinajstić information content (AvgIpc) is 2.18. The largest absolute Gasteiger partial charge is 0.591 e. The van der Waals surface area contributed by atoms with E-state index in [9.17, 15) is 4.55 Å². The maximum absolute atomic E-state index is 11.7. The SMILES string of the molecule is CC(C)(C)[S+]([O-])/N=C/c1cncc(Br)c1Cl. The van der Waals surface area contributed by atoms with E-state index < -0.39 is 11.4 Å². The van der Waals surface area contributed by atoms with Crippen LogP contribution in [0.2, 0.25) is 5.02 Å². The molecule has 0 radical (unpaired) electrons. The maximum atomic E-state index is 11.7. The number of halogens is 2. The zero-order valence-electron chi connectivity index (χ0n) is 9.20. The smallest absolute Gasteiger partial charge is 0.144 e.